The van der Waals surface area contributed by atoms with Crippen LogP contribution in [0.1, 0.15) is 6.92 Å². The fourth-order valence-corrected chi connectivity index (χ4v) is 0.368. The fraction of sp³-hybridized carbons (Fsp3) is 0.111. The highest BCUT2D eigenvalue weighted by Crippen LogP contribution is 1.79. The van der Waals surface area contributed by atoms with Gasteiger partial charge in [0.1, 0.15) is 0 Å². The van der Waals surface area contributed by atoms with E-state index in [2.05, 4.69) is 0 Å². The lowest BCUT2D eigenvalue weighted by Crippen LogP contribution is -1.47. The SMILES string of the molecule is [CH]=CC=CC=CC=CC. The quantitative estimate of drug-likeness (QED) is 0.501. The first-order valence-corrected chi connectivity index (χ1v) is 2.91. The summed E-state index contributed by atoms with van der Waals surface area (Å²) in [5.41, 5.74) is 0. The summed E-state index contributed by atoms with van der Waals surface area (Å²) < 4.78 is 0. The molecule has 0 bridgehead atoms. The Morgan fingerprint density at radius 3 is 2.00 bits per heavy atom. The molecule has 0 aromatic heterocycles. The Morgan fingerprint density at radius 2 is 1.44 bits per heavy atom. The number of rotatable bonds is 3. The first kappa shape index (κ1) is 7.96. The van der Waals surface area contributed by atoms with Crippen molar-refractivity contribution in [2.45, 2.75) is 6.92 Å². The van der Waals surface area contributed by atoms with Crippen molar-refractivity contribution in [2.75, 3.05) is 0 Å². The molecule has 0 aliphatic rings. The van der Waals surface area contributed by atoms with E-state index in [1.54, 1.807) is 6.08 Å². The maximum atomic E-state index is 5.08. The number of hydrogen-bond donors (Lipinski definition) is 0. The van der Waals surface area contributed by atoms with Crippen molar-refractivity contribution in [2.24, 2.45) is 0 Å². The zero-order valence-corrected chi connectivity index (χ0v) is 5.62. The molecule has 0 aromatic rings. The summed E-state index contributed by atoms with van der Waals surface area (Å²) in [5.74, 6) is 0. The summed E-state index contributed by atoms with van der Waals surface area (Å²) in [5, 5.41) is 0. The molecule has 0 heteroatoms. The molecule has 0 aliphatic carbocycles. The van der Waals surface area contributed by atoms with E-state index < -0.39 is 0 Å². The lowest BCUT2D eigenvalue weighted by Gasteiger charge is -1.69. The second-order valence-corrected chi connectivity index (χ2v) is 1.49. The van der Waals surface area contributed by atoms with Gasteiger partial charge in [0.05, 0.1) is 0 Å². The van der Waals surface area contributed by atoms with Gasteiger partial charge < -0.3 is 0 Å². The normalized spacial score (nSPS) is 12.1. The van der Waals surface area contributed by atoms with Crippen LogP contribution in [-0.4, -0.2) is 0 Å². The molecule has 0 atom stereocenters. The molecule has 0 spiro atoms. The minimum atomic E-state index is 1.50. The molecule has 0 unspecified atom stereocenters. The van der Waals surface area contributed by atoms with Crippen LogP contribution in [-0.2, 0) is 0 Å². The Kier molecular flexibility index (Phi) is 6.16. The third kappa shape index (κ3) is 6.96. The molecule has 0 rings (SSSR count). The molecule has 0 saturated heterocycles. The second kappa shape index (κ2) is 6.96. The van der Waals surface area contributed by atoms with Crippen LogP contribution in [0.3, 0.4) is 0 Å². The highest BCUT2D eigenvalue weighted by Gasteiger charge is 1.57. The maximum absolute atomic E-state index is 5.08. The van der Waals surface area contributed by atoms with Gasteiger partial charge in [-0.2, -0.15) is 0 Å². The molecule has 0 N–H and O–H groups in total. The van der Waals surface area contributed by atoms with Crippen molar-refractivity contribution in [1.29, 1.82) is 0 Å². The van der Waals surface area contributed by atoms with E-state index in [4.69, 9.17) is 6.58 Å². The Bertz CT molecular complexity index is 136. The van der Waals surface area contributed by atoms with Crippen LogP contribution >= 0.6 is 0 Å². The van der Waals surface area contributed by atoms with Crippen LogP contribution in [0.2, 0.25) is 0 Å². The van der Waals surface area contributed by atoms with E-state index >= 15 is 0 Å². The molecule has 1 radical (unpaired) electrons. The molecular formula is C9H11. The average molecular weight is 119 g/mol. The molecule has 0 fully saturated rings. The van der Waals surface area contributed by atoms with Gasteiger partial charge >= 0.3 is 0 Å². The zero-order chi connectivity index (χ0) is 6.95. The first-order valence-electron chi connectivity index (χ1n) is 2.91. The van der Waals surface area contributed by atoms with Gasteiger partial charge in [0.25, 0.3) is 0 Å². The largest absolute Gasteiger partial charge is 0.0877 e. The molecule has 0 saturated carbocycles. The zero-order valence-electron chi connectivity index (χ0n) is 5.62. The van der Waals surface area contributed by atoms with E-state index in [1.807, 2.05) is 37.3 Å². The van der Waals surface area contributed by atoms with Gasteiger partial charge in [0.15, 0.2) is 0 Å². The van der Waals surface area contributed by atoms with E-state index in [9.17, 15) is 0 Å². The van der Waals surface area contributed by atoms with Crippen LogP contribution in [0.4, 0.5) is 0 Å². The Balaban J connectivity index is 3.46. The lowest BCUT2D eigenvalue weighted by atomic mass is 10.4. The molecule has 0 heterocycles. The Morgan fingerprint density at radius 1 is 0.889 bits per heavy atom. The van der Waals surface area contributed by atoms with Crippen LogP contribution in [0.5, 0.6) is 0 Å². The molecule has 0 aliphatic heterocycles. The maximum Gasteiger partial charge on any atom is -0.0467 e. The minimum Gasteiger partial charge on any atom is -0.0877 e. The van der Waals surface area contributed by atoms with E-state index in [0.717, 1.165) is 0 Å². The molecular weight excluding hydrogens is 108 g/mol. The number of allylic oxidation sites excluding steroid dienone is 7. The molecule has 0 amide bonds. The van der Waals surface area contributed by atoms with Gasteiger partial charge in [-0.1, -0.05) is 49.1 Å². The highest BCUT2D eigenvalue weighted by molar-refractivity contribution is 5.13. The van der Waals surface area contributed by atoms with Gasteiger partial charge in [-0.25, -0.2) is 0 Å². The predicted octanol–water partition coefficient (Wildman–Crippen LogP) is 2.66. The standard InChI is InChI=1S/C9H11/c1-3-5-7-9-8-6-4-2/h1,3-9H,2H3. The van der Waals surface area contributed by atoms with Crippen molar-refractivity contribution in [3.05, 3.63) is 49.1 Å². The average Bonchev–Trinajstić information content (AvgIpc) is 1.89. The molecule has 0 nitrogen and oxygen atoms in total. The van der Waals surface area contributed by atoms with Gasteiger partial charge in [-0.3, -0.25) is 0 Å². The van der Waals surface area contributed by atoms with Gasteiger partial charge in [-0.05, 0) is 6.92 Å². The van der Waals surface area contributed by atoms with Gasteiger partial charge in [0.2, 0.25) is 0 Å². The van der Waals surface area contributed by atoms with Crippen molar-refractivity contribution >= 4 is 0 Å². The summed E-state index contributed by atoms with van der Waals surface area (Å²) in [6.07, 6.45) is 12.9. The van der Waals surface area contributed by atoms with Crippen LogP contribution in [0.25, 0.3) is 0 Å². The molecule has 0 aromatic carbocycles. The van der Waals surface area contributed by atoms with Crippen LogP contribution < -0.4 is 0 Å². The fourth-order valence-electron chi connectivity index (χ4n) is 0.368. The van der Waals surface area contributed by atoms with E-state index in [-0.39, 0.29) is 0 Å². The molecule has 9 heavy (non-hydrogen) atoms. The minimum absolute atomic E-state index is 1.50. The van der Waals surface area contributed by atoms with Crippen LogP contribution in [0.15, 0.2) is 42.5 Å². The Hall–Kier alpha value is -1.04. The smallest absolute Gasteiger partial charge is 0.0467 e. The van der Waals surface area contributed by atoms with Gasteiger partial charge in [-0.15, -0.1) is 0 Å². The van der Waals surface area contributed by atoms with Crippen molar-refractivity contribution in [3.63, 3.8) is 0 Å². The summed E-state index contributed by atoms with van der Waals surface area (Å²) >= 11 is 0. The first-order chi connectivity index (χ1) is 4.41. The summed E-state index contributed by atoms with van der Waals surface area (Å²) in [6, 6.07) is 0. The van der Waals surface area contributed by atoms with Gasteiger partial charge in [0, 0.05) is 0 Å². The monoisotopic (exact) mass is 119 g/mol. The topological polar surface area (TPSA) is 0 Å². The Labute approximate surface area is 56.9 Å². The third-order valence-electron chi connectivity index (χ3n) is 0.748. The summed E-state index contributed by atoms with van der Waals surface area (Å²) in [6.45, 7) is 7.05. The van der Waals surface area contributed by atoms with Crippen molar-refractivity contribution in [3.8, 4) is 0 Å². The van der Waals surface area contributed by atoms with E-state index in [1.165, 1.54) is 6.08 Å². The second-order valence-electron chi connectivity index (χ2n) is 1.49. The number of hydrogen-bond acceptors (Lipinski definition) is 0. The molecule has 47 valence electrons. The van der Waals surface area contributed by atoms with Crippen molar-refractivity contribution in [1.82, 2.24) is 0 Å². The van der Waals surface area contributed by atoms with Crippen LogP contribution in [0, 0.1) is 6.58 Å². The lowest BCUT2D eigenvalue weighted by molar-refractivity contribution is 1.73. The summed E-state index contributed by atoms with van der Waals surface area (Å²) in [4.78, 5) is 0. The summed E-state index contributed by atoms with van der Waals surface area (Å²) in [7, 11) is 0. The third-order valence-corrected chi connectivity index (χ3v) is 0.748. The van der Waals surface area contributed by atoms with Crippen molar-refractivity contribution < 1.29 is 0 Å². The highest BCUT2D eigenvalue weighted by atomic mass is 13.6. The van der Waals surface area contributed by atoms with E-state index in [0.29, 0.717) is 0 Å². The predicted molar refractivity (Wildman–Crippen MR) is 42.0 cm³/mol.